The Kier molecular flexibility index (Phi) is 4.21. The molecule has 10 aromatic rings. The Hall–Kier alpha value is -5.60. The lowest BCUT2D eigenvalue weighted by atomic mass is 9.88. The summed E-state index contributed by atoms with van der Waals surface area (Å²) in [6.07, 6.45) is 0. The zero-order valence-corrected chi connectivity index (χ0v) is 22.6. The molecule has 8 aromatic carbocycles. The number of para-hydroxylation sites is 3. The molecule has 0 spiro atoms. The van der Waals surface area contributed by atoms with Gasteiger partial charge in [-0.1, -0.05) is 109 Å². The molecule has 0 amide bonds. The number of nitrogens with zero attached hydrogens (tertiary/aromatic N) is 1. The molecule has 0 saturated heterocycles. The van der Waals surface area contributed by atoms with Crippen LogP contribution in [0, 0.1) is 0 Å². The predicted octanol–water partition coefficient (Wildman–Crippen LogP) is 11.2. The molecular weight excluding hydrogens is 510 g/mol. The SMILES string of the molecule is c1ccc(-n2c3ccccc3c3c(-c4ccc5ccc6cccc7ccc4c5c67)c4oc5ccccc5c4cc32)cc1. The zero-order chi connectivity index (χ0) is 27.4. The lowest BCUT2D eigenvalue weighted by Crippen LogP contribution is -1.93. The fourth-order valence-corrected chi connectivity index (χ4v) is 7.37. The summed E-state index contributed by atoms with van der Waals surface area (Å²) in [5.74, 6) is 0. The molecule has 0 radical (unpaired) electrons. The normalized spacial score (nSPS) is 12.3. The Labute approximate surface area is 241 Å². The molecule has 0 saturated carbocycles. The van der Waals surface area contributed by atoms with Crippen molar-refractivity contribution in [2.75, 3.05) is 0 Å². The van der Waals surface area contributed by atoms with Crippen molar-refractivity contribution in [3.8, 4) is 16.8 Å². The van der Waals surface area contributed by atoms with Crippen molar-refractivity contribution in [3.05, 3.63) is 140 Å². The summed E-state index contributed by atoms with van der Waals surface area (Å²) >= 11 is 0. The van der Waals surface area contributed by atoms with Crippen LogP contribution >= 0.6 is 0 Å². The van der Waals surface area contributed by atoms with E-state index in [9.17, 15) is 0 Å². The van der Waals surface area contributed by atoms with Gasteiger partial charge in [0.15, 0.2) is 0 Å². The van der Waals surface area contributed by atoms with E-state index < -0.39 is 0 Å². The summed E-state index contributed by atoms with van der Waals surface area (Å²) < 4.78 is 9.20. The maximum atomic E-state index is 6.79. The van der Waals surface area contributed by atoms with Crippen LogP contribution in [-0.4, -0.2) is 4.57 Å². The van der Waals surface area contributed by atoms with Gasteiger partial charge in [0.2, 0.25) is 0 Å². The van der Waals surface area contributed by atoms with Crippen molar-refractivity contribution >= 4 is 76.1 Å². The van der Waals surface area contributed by atoms with Crippen LogP contribution in [0.15, 0.2) is 144 Å². The monoisotopic (exact) mass is 533 g/mol. The second-order valence-electron chi connectivity index (χ2n) is 11.3. The molecule has 2 heterocycles. The number of aromatic nitrogens is 1. The molecular formula is C40H23NO. The van der Waals surface area contributed by atoms with Crippen molar-refractivity contribution < 1.29 is 4.42 Å². The van der Waals surface area contributed by atoms with E-state index in [0.29, 0.717) is 0 Å². The van der Waals surface area contributed by atoms with E-state index >= 15 is 0 Å². The smallest absolute Gasteiger partial charge is 0.144 e. The van der Waals surface area contributed by atoms with E-state index in [2.05, 4.69) is 144 Å². The Morgan fingerprint density at radius 2 is 1.12 bits per heavy atom. The minimum absolute atomic E-state index is 0.912. The quantitative estimate of drug-likeness (QED) is 0.202. The van der Waals surface area contributed by atoms with Crippen molar-refractivity contribution in [2.45, 2.75) is 0 Å². The fourth-order valence-electron chi connectivity index (χ4n) is 7.37. The molecule has 0 aliphatic heterocycles. The Morgan fingerprint density at radius 3 is 1.98 bits per heavy atom. The first-order chi connectivity index (χ1) is 20.8. The third-order valence-electron chi connectivity index (χ3n) is 9.12. The van der Waals surface area contributed by atoms with Crippen LogP contribution in [0.3, 0.4) is 0 Å². The molecule has 2 aromatic heterocycles. The van der Waals surface area contributed by atoms with Gasteiger partial charge in [-0.05, 0) is 68.2 Å². The number of benzene rings is 8. The third kappa shape index (κ3) is 2.78. The fraction of sp³-hybridized carbons (Fsp3) is 0. The van der Waals surface area contributed by atoms with Gasteiger partial charge in [-0.25, -0.2) is 0 Å². The molecule has 0 N–H and O–H groups in total. The Morgan fingerprint density at radius 1 is 0.429 bits per heavy atom. The molecule has 10 rings (SSSR count). The van der Waals surface area contributed by atoms with Crippen LogP contribution < -0.4 is 0 Å². The summed E-state index contributed by atoms with van der Waals surface area (Å²) in [4.78, 5) is 0. The van der Waals surface area contributed by atoms with E-state index in [1.807, 2.05) is 0 Å². The molecule has 42 heavy (non-hydrogen) atoms. The van der Waals surface area contributed by atoms with Crippen LogP contribution in [0.2, 0.25) is 0 Å². The maximum Gasteiger partial charge on any atom is 0.144 e. The largest absolute Gasteiger partial charge is 0.455 e. The highest BCUT2D eigenvalue weighted by atomic mass is 16.3. The number of fused-ring (bicyclic) bond motifs is 6. The molecule has 0 fully saturated rings. The van der Waals surface area contributed by atoms with Gasteiger partial charge in [0.1, 0.15) is 11.2 Å². The predicted molar refractivity (Wildman–Crippen MR) is 177 cm³/mol. The Bertz CT molecular complexity index is 2660. The number of hydrogen-bond acceptors (Lipinski definition) is 1. The topological polar surface area (TPSA) is 18.1 Å². The number of furan rings is 1. The standard InChI is InChI=1S/C40H23NO/c1-2-11-27(12-3-1)41-33-15-6-4-14-31(33)38-34(41)23-32-28-13-5-7-16-35(28)42-40(32)39(38)30-22-20-26-18-17-24-9-8-10-25-19-21-29(30)37(26)36(24)25/h1-23H. The van der Waals surface area contributed by atoms with Crippen LogP contribution in [0.25, 0.3) is 92.9 Å². The van der Waals surface area contributed by atoms with E-state index in [0.717, 1.165) is 33.2 Å². The summed E-state index contributed by atoms with van der Waals surface area (Å²) in [5, 5.41) is 12.4. The van der Waals surface area contributed by atoms with Crippen molar-refractivity contribution in [1.29, 1.82) is 0 Å². The first-order valence-electron chi connectivity index (χ1n) is 14.4. The summed E-state index contributed by atoms with van der Waals surface area (Å²) in [5.41, 5.74) is 7.73. The average molecular weight is 534 g/mol. The minimum atomic E-state index is 0.912. The average Bonchev–Trinajstić information content (AvgIpc) is 3.59. The number of hydrogen-bond donors (Lipinski definition) is 0. The van der Waals surface area contributed by atoms with E-state index in [-0.39, 0.29) is 0 Å². The number of rotatable bonds is 2. The lowest BCUT2D eigenvalue weighted by Gasteiger charge is -2.15. The van der Waals surface area contributed by atoms with Gasteiger partial charge in [0.05, 0.1) is 11.0 Å². The second kappa shape index (κ2) is 7.99. The van der Waals surface area contributed by atoms with Gasteiger partial charge >= 0.3 is 0 Å². The summed E-state index contributed by atoms with van der Waals surface area (Å²) in [6, 6.07) is 50.5. The van der Waals surface area contributed by atoms with Gasteiger partial charge in [-0.3, -0.25) is 0 Å². The van der Waals surface area contributed by atoms with Crippen LogP contribution in [0.1, 0.15) is 0 Å². The zero-order valence-electron chi connectivity index (χ0n) is 22.6. The van der Waals surface area contributed by atoms with Crippen molar-refractivity contribution in [2.24, 2.45) is 0 Å². The molecule has 0 atom stereocenters. The van der Waals surface area contributed by atoms with Gasteiger partial charge in [-0.2, -0.15) is 0 Å². The molecule has 194 valence electrons. The van der Waals surface area contributed by atoms with E-state index in [1.54, 1.807) is 0 Å². The first kappa shape index (κ1) is 22.1. The first-order valence-corrected chi connectivity index (χ1v) is 14.4. The molecule has 2 nitrogen and oxygen atoms in total. The van der Waals surface area contributed by atoms with E-state index in [4.69, 9.17) is 4.42 Å². The summed E-state index contributed by atoms with van der Waals surface area (Å²) in [7, 11) is 0. The molecule has 0 unspecified atom stereocenters. The lowest BCUT2D eigenvalue weighted by molar-refractivity contribution is 0.670. The van der Waals surface area contributed by atoms with Crippen molar-refractivity contribution in [3.63, 3.8) is 0 Å². The minimum Gasteiger partial charge on any atom is -0.455 e. The van der Waals surface area contributed by atoms with Gasteiger partial charge in [0.25, 0.3) is 0 Å². The molecule has 2 heteroatoms. The van der Waals surface area contributed by atoms with Crippen LogP contribution in [-0.2, 0) is 0 Å². The second-order valence-corrected chi connectivity index (χ2v) is 11.3. The molecule has 0 aliphatic carbocycles. The third-order valence-corrected chi connectivity index (χ3v) is 9.12. The van der Waals surface area contributed by atoms with Gasteiger partial charge in [0, 0.05) is 32.8 Å². The maximum absolute atomic E-state index is 6.79. The molecule has 0 aliphatic rings. The highest BCUT2D eigenvalue weighted by Gasteiger charge is 2.24. The van der Waals surface area contributed by atoms with Crippen molar-refractivity contribution in [1.82, 2.24) is 4.57 Å². The van der Waals surface area contributed by atoms with Crippen LogP contribution in [0.5, 0.6) is 0 Å². The van der Waals surface area contributed by atoms with Gasteiger partial charge < -0.3 is 8.98 Å². The highest BCUT2D eigenvalue weighted by molar-refractivity contribution is 6.31. The van der Waals surface area contributed by atoms with E-state index in [1.165, 1.54) is 59.7 Å². The van der Waals surface area contributed by atoms with Crippen LogP contribution in [0.4, 0.5) is 0 Å². The Balaban J connectivity index is 1.48. The highest BCUT2D eigenvalue weighted by Crippen LogP contribution is 2.48. The molecule has 0 bridgehead atoms. The van der Waals surface area contributed by atoms with Gasteiger partial charge in [-0.15, -0.1) is 0 Å². The summed E-state index contributed by atoms with van der Waals surface area (Å²) in [6.45, 7) is 0.